The van der Waals surface area contributed by atoms with Gasteiger partial charge < -0.3 is 4.74 Å². The molecule has 0 atom stereocenters. The van der Waals surface area contributed by atoms with Crippen molar-refractivity contribution in [1.29, 1.82) is 0 Å². The summed E-state index contributed by atoms with van der Waals surface area (Å²) in [5.41, 5.74) is 0. The Morgan fingerprint density at radius 1 is 1.06 bits per heavy atom. The molecule has 16 heavy (non-hydrogen) atoms. The molecule has 0 rings (SSSR count). The van der Waals surface area contributed by atoms with Crippen LogP contribution in [-0.2, 0) is 4.74 Å². The molecule has 0 fully saturated rings. The number of thiocarbonyl (C=S) groups is 1. The van der Waals surface area contributed by atoms with Gasteiger partial charge in [0.1, 0.15) is 0 Å². The van der Waals surface area contributed by atoms with Gasteiger partial charge in [0.15, 0.2) is 0 Å². The van der Waals surface area contributed by atoms with Crippen LogP contribution in [0.5, 0.6) is 0 Å². The highest BCUT2D eigenvalue weighted by Gasteiger charge is 1.92. The first-order valence-electron chi connectivity index (χ1n) is 6.28. The number of rotatable bonds is 10. The fourth-order valence-electron chi connectivity index (χ4n) is 1.52. The van der Waals surface area contributed by atoms with Crippen LogP contribution in [0.1, 0.15) is 58.3 Å². The van der Waals surface area contributed by atoms with Crippen LogP contribution in [0.4, 0.5) is 0 Å². The summed E-state index contributed by atoms with van der Waals surface area (Å²) >= 11 is 8.60. The molecule has 0 aromatic heterocycles. The Balaban J connectivity index is 2.98. The van der Waals surface area contributed by atoms with Crippen LogP contribution in [0.3, 0.4) is 0 Å². The molecule has 0 N–H and O–H groups in total. The minimum Gasteiger partial charge on any atom is -0.479 e. The molecule has 0 saturated heterocycles. The van der Waals surface area contributed by atoms with Gasteiger partial charge in [-0.15, -0.1) is 0 Å². The second-order valence-corrected chi connectivity index (χ2v) is 4.98. The van der Waals surface area contributed by atoms with Crippen molar-refractivity contribution in [2.45, 2.75) is 58.3 Å². The Bertz CT molecular complexity index is 190. The van der Waals surface area contributed by atoms with E-state index in [0.717, 1.165) is 19.4 Å². The van der Waals surface area contributed by atoms with Gasteiger partial charge >= 0.3 is 0 Å². The lowest BCUT2D eigenvalue weighted by Crippen LogP contribution is -1.95. The van der Waals surface area contributed by atoms with Gasteiger partial charge in [-0.05, 0) is 37.9 Å². The average Bonchev–Trinajstić information content (AvgIpc) is 2.25. The SMILES string of the molecule is CC/C=C/CCCCCCCCOC(=S)S. The molecular formula is C13H24OS2. The fraction of sp³-hybridized carbons (Fsp3) is 0.769. The highest BCUT2D eigenvalue weighted by Crippen LogP contribution is 2.08. The van der Waals surface area contributed by atoms with E-state index in [1.165, 1.54) is 38.5 Å². The molecule has 0 heterocycles. The fourth-order valence-corrected chi connectivity index (χ4v) is 1.69. The van der Waals surface area contributed by atoms with E-state index in [2.05, 4.69) is 31.7 Å². The molecule has 0 radical (unpaired) electrons. The molecule has 3 heteroatoms. The van der Waals surface area contributed by atoms with Gasteiger partial charge in [-0.25, -0.2) is 0 Å². The summed E-state index contributed by atoms with van der Waals surface area (Å²) in [6.45, 7) is 2.90. The van der Waals surface area contributed by atoms with Gasteiger partial charge in [-0.2, -0.15) is 0 Å². The number of thiol groups is 1. The third-order valence-electron chi connectivity index (χ3n) is 2.39. The van der Waals surface area contributed by atoms with E-state index in [0.29, 0.717) is 4.38 Å². The molecule has 0 spiro atoms. The van der Waals surface area contributed by atoms with E-state index in [4.69, 9.17) is 17.0 Å². The molecule has 0 amide bonds. The number of unbranched alkanes of at least 4 members (excludes halogenated alkanes) is 6. The summed E-state index contributed by atoms with van der Waals surface area (Å²) in [6, 6.07) is 0. The maximum absolute atomic E-state index is 5.10. The molecule has 0 bridgehead atoms. The van der Waals surface area contributed by atoms with Crippen molar-refractivity contribution >= 4 is 29.2 Å². The zero-order valence-corrected chi connectivity index (χ0v) is 12.0. The van der Waals surface area contributed by atoms with Gasteiger partial charge in [0.25, 0.3) is 0 Å². The number of hydrogen-bond acceptors (Lipinski definition) is 2. The van der Waals surface area contributed by atoms with Gasteiger partial charge in [0, 0.05) is 0 Å². The lowest BCUT2D eigenvalue weighted by molar-refractivity contribution is 0.308. The second-order valence-electron chi connectivity index (χ2n) is 3.90. The Hall–Kier alpha value is -0.0200. The third kappa shape index (κ3) is 14.0. The van der Waals surface area contributed by atoms with Crippen molar-refractivity contribution in [3.8, 4) is 0 Å². The molecule has 94 valence electrons. The largest absolute Gasteiger partial charge is 0.479 e. The van der Waals surface area contributed by atoms with E-state index in [1.807, 2.05) is 0 Å². The van der Waals surface area contributed by atoms with Crippen LogP contribution in [0, 0.1) is 0 Å². The molecule has 0 aliphatic carbocycles. The maximum atomic E-state index is 5.10. The molecule has 0 aliphatic heterocycles. The van der Waals surface area contributed by atoms with E-state index in [9.17, 15) is 0 Å². The average molecular weight is 260 g/mol. The van der Waals surface area contributed by atoms with Crippen molar-refractivity contribution in [3.63, 3.8) is 0 Å². The first-order chi connectivity index (χ1) is 7.77. The van der Waals surface area contributed by atoms with E-state index >= 15 is 0 Å². The summed E-state index contributed by atoms with van der Waals surface area (Å²) in [7, 11) is 0. The first kappa shape index (κ1) is 16.0. The molecular weight excluding hydrogens is 236 g/mol. The number of hydrogen-bond donors (Lipinski definition) is 1. The van der Waals surface area contributed by atoms with Gasteiger partial charge in [-0.1, -0.05) is 57.4 Å². The van der Waals surface area contributed by atoms with Crippen molar-refractivity contribution in [2.24, 2.45) is 0 Å². The van der Waals surface area contributed by atoms with Crippen molar-refractivity contribution in [3.05, 3.63) is 12.2 Å². The molecule has 0 saturated carbocycles. The Morgan fingerprint density at radius 3 is 2.31 bits per heavy atom. The van der Waals surface area contributed by atoms with Gasteiger partial charge in [-0.3, -0.25) is 0 Å². The summed E-state index contributed by atoms with van der Waals surface area (Å²) in [4.78, 5) is 0. The topological polar surface area (TPSA) is 9.23 Å². The van der Waals surface area contributed by atoms with Crippen LogP contribution in [0.2, 0.25) is 0 Å². The highest BCUT2D eigenvalue weighted by molar-refractivity contribution is 8.10. The normalized spacial score (nSPS) is 10.9. The lowest BCUT2D eigenvalue weighted by Gasteiger charge is -2.02. The van der Waals surface area contributed by atoms with Crippen LogP contribution in [0.15, 0.2) is 12.2 Å². The van der Waals surface area contributed by atoms with Crippen LogP contribution in [0.25, 0.3) is 0 Å². The number of ether oxygens (including phenoxy) is 1. The molecule has 0 unspecified atom stereocenters. The van der Waals surface area contributed by atoms with Crippen LogP contribution < -0.4 is 0 Å². The highest BCUT2D eigenvalue weighted by atomic mass is 32.1. The third-order valence-corrected chi connectivity index (χ3v) is 2.64. The zero-order valence-electron chi connectivity index (χ0n) is 10.3. The number of allylic oxidation sites excluding steroid dienone is 2. The molecule has 1 nitrogen and oxygen atoms in total. The van der Waals surface area contributed by atoms with Crippen molar-refractivity contribution < 1.29 is 4.74 Å². The standard InChI is InChI=1S/C13H24OS2/c1-2-3-4-5-6-7-8-9-10-11-12-14-13(15)16/h3-4H,2,5-12H2,1H3,(H,15,16)/b4-3+. The second kappa shape index (κ2) is 13.0. The maximum Gasteiger partial charge on any atom is 0.216 e. The first-order valence-corrected chi connectivity index (χ1v) is 7.13. The van der Waals surface area contributed by atoms with E-state index < -0.39 is 0 Å². The molecule has 0 aromatic carbocycles. The summed E-state index contributed by atoms with van der Waals surface area (Å²) < 4.78 is 5.46. The van der Waals surface area contributed by atoms with Crippen molar-refractivity contribution in [2.75, 3.05) is 6.61 Å². The van der Waals surface area contributed by atoms with Gasteiger partial charge in [0.2, 0.25) is 4.38 Å². The van der Waals surface area contributed by atoms with Crippen LogP contribution in [-0.4, -0.2) is 11.0 Å². The van der Waals surface area contributed by atoms with Crippen LogP contribution >= 0.6 is 24.8 Å². The predicted octanol–water partition coefficient (Wildman–Crippen LogP) is 4.91. The quantitative estimate of drug-likeness (QED) is 0.258. The monoisotopic (exact) mass is 260 g/mol. The Morgan fingerprint density at radius 2 is 1.69 bits per heavy atom. The Labute approximate surface area is 111 Å². The molecule has 0 aromatic rings. The lowest BCUT2D eigenvalue weighted by atomic mass is 10.1. The van der Waals surface area contributed by atoms with E-state index in [-0.39, 0.29) is 0 Å². The van der Waals surface area contributed by atoms with Gasteiger partial charge in [0.05, 0.1) is 6.61 Å². The molecule has 0 aliphatic rings. The van der Waals surface area contributed by atoms with Crippen molar-refractivity contribution in [1.82, 2.24) is 0 Å². The minimum atomic E-state index is 0.364. The predicted molar refractivity (Wildman–Crippen MR) is 79.3 cm³/mol. The summed E-state index contributed by atoms with van der Waals surface area (Å²) in [5, 5.41) is 0. The van der Waals surface area contributed by atoms with E-state index in [1.54, 1.807) is 0 Å². The summed E-state index contributed by atoms with van der Waals surface area (Å²) in [5.74, 6) is 0. The zero-order chi connectivity index (χ0) is 12.1. The Kier molecular flexibility index (Phi) is 13.0. The smallest absolute Gasteiger partial charge is 0.216 e. The summed E-state index contributed by atoms with van der Waals surface area (Å²) in [6.07, 6.45) is 14.6. The minimum absolute atomic E-state index is 0.364.